The molecule has 0 aromatic heterocycles. The van der Waals surface area contributed by atoms with E-state index in [9.17, 15) is 0 Å². The molecular formula is C11H26N2. The van der Waals surface area contributed by atoms with E-state index in [1.54, 1.807) is 0 Å². The van der Waals surface area contributed by atoms with E-state index >= 15 is 0 Å². The Labute approximate surface area is 83.1 Å². The first-order valence-corrected chi connectivity index (χ1v) is 5.34. The van der Waals surface area contributed by atoms with E-state index in [0.29, 0.717) is 17.4 Å². The van der Waals surface area contributed by atoms with Crippen LogP contribution in [0.25, 0.3) is 0 Å². The van der Waals surface area contributed by atoms with Crippen molar-refractivity contribution in [2.75, 3.05) is 6.54 Å². The van der Waals surface area contributed by atoms with Crippen molar-refractivity contribution in [2.24, 2.45) is 22.8 Å². The Morgan fingerprint density at radius 2 is 1.77 bits per heavy atom. The van der Waals surface area contributed by atoms with E-state index < -0.39 is 0 Å². The molecule has 13 heavy (non-hydrogen) atoms. The molecule has 2 nitrogen and oxygen atoms in total. The molecule has 80 valence electrons. The summed E-state index contributed by atoms with van der Waals surface area (Å²) >= 11 is 0. The summed E-state index contributed by atoms with van der Waals surface area (Å²) in [6.45, 7) is 9.73. The first-order valence-electron chi connectivity index (χ1n) is 5.34. The largest absolute Gasteiger partial charge is 0.330 e. The molecule has 0 rings (SSSR count). The van der Waals surface area contributed by atoms with Gasteiger partial charge in [-0.3, -0.25) is 0 Å². The van der Waals surface area contributed by atoms with E-state index in [0.717, 1.165) is 13.0 Å². The molecule has 0 fully saturated rings. The fourth-order valence-electron chi connectivity index (χ4n) is 1.74. The molecule has 4 N–H and O–H groups in total. The second kappa shape index (κ2) is 5.61. The number of hydrogen-bond acceptors (Lipinski definition) is 2. The highest BCUT2D eigenvalue weighted by molar-refractivity contribution is 4.75. The van der Waals surface area contributed by atoms with Crippen LogP contribution in [0.1, 0.15) is 47.0 Å². The summed E-state index contributed by atoms with van der Waals surface area (Å²) in [7, 11) is 0. The Kier molecular flexibility index (Phi) is 5.57. The molecule has 0 aliphatic carbocycles. The zero-order valence-corrected chi connectivity index (χ0v) is 9.64. The van der Waals surface area contributed by atoms with Crippen molar-refractivity contribution >= 4 is 0 Å². The lowest BCUT2D eigenvalue weighted by Crippen LogP contribution is -2.29. The topological polar surface area (TPSA) is 52.0 Å². The second-order valence-electron chi connectivity index (χ2n) is 5.10. The average molecular weight is 186 g/mol. The van der Waals surface area contributed by atoms with Crippen LogP contribution in [0.5, 0.6) is 0 Å². The van der Waals surface area contributed by atoms with E-state index in [1.165, 1.54) is 12.8 Å². The van der Waals surface area contributed by atoms with Crippen molar-refractivity contribution < 1.29 is 0 Å². The molecule has 0 aromatic rings. The molecule has 0 spiro atoms. The number of rotatable bonds is 6. The van der Waals surface area contributed by atoms with Crippen molar-refractivity contribution in [1.82, 2.24) is 0 Å². The summed E-state index contributed by atoms with van der Waals surface area (Å²) in [5.41, 5.74) is 11.7. The molecule has 0 aliphatic rings. The Bertz CT molecular complexity index is 130. The summed E-state index contributed by atoms with van der Waals surface area (Å²) in [4.78, 5) is 0. The fourth-order valence-corrected chi connectivity index (χ4v) is 1.74. The molecule has 2 unspecified atom stereocenters. The maximum Gasteiger partial charge on any atom is 0.00363 e. The van der Waals surface area contributed by atoms with Gasteiger partial charge >= 0.3 is 0 Å². The third-order valence-corrected chi connectivity index (χ3v) is 2.83. The average Bonchev–Trinajstić information content (AvgIpc) is 2.00. The lowest BCUT2D eigenvalue weighted by atomic mass is 9.78. The lowest BCUT2D eigenvalue weighted by Gasteiger charge is -2.29. The van der Waals surface area contributed by atoms with E-state index in [4.69, 9.17) is 11.5 Å². The fraction of sp³-hybridized carbons (Fsp3) is 1.00. The Hall–Kier alpha value is -0.0800. The quantitative estimate of drug-likeness (QED) is 0.667. The minimum Gasteiger partial charge on any atom is -0.330 e. The van der Waals surface area contributed by atoms with Crippen molar-refractivity contribution in [3.63, 3.8) is 0 Å². The van der Waals surface area contributed by atoms with Crippen LogP contribution in [0.3, 0.4) is 0 Å². The van der Waals surface area contributed by atoms with Crippen molar-refractivity contribution in [2.45, 2.75) is 53.0 Å². The predicted octanol–water partition coefficient (Wildman–Crippen LogP) is 2.12. The zero-order chi connectivity index (χ0) is 10.5. The molecule has 0 aromatic carbocycles. The summed E-state index contributed by atoms with van der Waals surface area (Å²) in [6.07, 6.45) is 3.53. The summed E-state index contributed by atoms with van der Waals surface area (Å²) in [5.74, 6) is 0.604. The second-order valence-corrected chi connectivity index (χ2v) is 5.10. The van der Waals surface area contributed by atoms with Crippen LogP contribution in [0, 0.1) is 11.3 Å². The molecular weight excluding hydrogens is 160 g/mol. The van der Waals surface area contributed by atoms with Gasteiger partial charge in [-0.25, -0.2) is 0 Å². The normalized spacial score (nSPS) is 17.1. The predicted molar refractivity (Wildman–Crippen MR) is 59.5 cm³/mol. The monoisotopic (exact) mass is 186 g/mol. The summed E-state index contributed by atoms with van der Waals surface area (Å²) in [6, 6.07) is 0.303. The van der Waals surface area contributed by atoms with Gasteiger partial charge in [0.1, 0.15) is 0 Å². The molecule has 2 atom stereocenters. The first kappa shape index (κ1) is 12.9. The van der Waals surface area contributed by atoms with Gasteiger partial charge in [0.2, 0.25) is 0 Å². The third-order valence-electron chi connectivity index (χ3n) is 2.83. The molecule has 2 heteroatoms. The lowest BCUT2D eigenvalue weighted by molar-refractivity contribution is 0.237. The zero-order valence-electron chi connectivity index (χ0n) is 9.64. The van der Waals surface area contributed by atoms with Gasteiger partial charge < -0.3 is 11.5 Å². The Morgan fingerprint density at radius 1 is 1.23 bits per heavy atom. The van der Waals surface area contributed by atoms with E-state index in [2.05, 4.69) is 27.7 Å². The van der Waals surface area contributed by atoms with Gasteiger partial charge in [0.05, 0.1) is 0 Å². The molecule has 0 heterocycles. The van der Waals surface area contributed by atoms with Crippen LogP contribution < -0.4 is 11.5 Å². The van der Waals surface area contributed by atoms with Crippen LogP contribution >= 0.6 is 0 Å². The smallest absolute Gasteiger partial charge is 0.00363 e. The SMILES string of the molecule is CC(N)C(C)CC(C)(C)CCCN. The summed E-state index contributed by atoms with van der Waals surface area (Å²) < 4.78 is 0. The van der Waals surface area contributed by atoms with Gasteiger partial charge in [0.25, 0.3) is 0 Å². The van der Waals surface area contributed by atoms with Gasteiger partial charge in [-0.1, -0.05) is 20.8 Å². The van der Waals surface area contributed by atoms with Crippen LogP contribution in [0.2, 0.25) is 0 Å². The van der Waals surface area contributed by atoms with Crippen LogP contribution in [0.4, 0.5) is 0 Å². The van der Waals surface area contributed by atoms with Crippen molar-refractivity contribution in [3.8, 4) is 0 Å². The van der Waals surface area contributed by atoms with Gasteiger partial charge in [-0.2, -0.15) is 0 Å². The van der Waals surface area contributed by atoms with Gasteiger partial charge in [0.15, 0.2) is 0 Å². The minimum atomic E-state index is 0.303. The molecule has 0 aliphatic heterocycles. The van der Waals surface area contributed by atoms with Crippen LogP contribution in [-0.2, 0) is 0 Å². The van der Waals surface area contributed by atoms with Crippen molar-refractivity contribution in [3.05, 3.63) is 0 Å². The third kappa shape index (κ3) is 6.05. The van der Waals surface area contributed by atoms with Crippen LogP contribution in [-0.4, -0.2) is 12.6 Å². The highest BCUT2D eigenvalue weighted by Gasteiger charge is 2.21. The number of nitrogens with two attached hydrogens (primary N) is 2. The molecule has 0 saturated heterocycles. The van der Waals surface area contributed by atoms with E-state index in [1.807, 2.05) is 0 Å². The maximum absolute atomic E-state index is 5.85. The van der Waals surface area contributed by atoms with Gasteiger partial charge in [-0.05, 0) is 44.1 Å². The highest BCUT2D eigenvalue weighted by Crippen LogP contribution is 2.31. The van der Waals surface area contributed by atoms with Crippen LogP contribution in [0.15, 0.2) is 0 Å². The minimum absolute atomic E-state index is 0.303. The number of hydrogen-bond donors (Lipinski definition) is 2. The Morgan fingerprint density at radius 3 is 2.15 bits per heavy atom. The summed E-state index contributed by atoms with van der Waals surface area (Å²) in [5, 5.41) is 0. The molecule has 0 radical (unpaired) electrons. The Balaban J connectivity index is 3.86. The van der Waals surface area contributed by atoms with E-state index in [-0.39, 0.29) is 0 Å². The standard InChI is InChI=1S/C11H26N2/c1-9(10(2)13)8-11(3,4)6-5-7-12/h9-10H,5-8,12-13H2,1-4H3. The molecule has 0 saturated carbocycles. The van der Waals surface area contributed by atoms with Gasteiger partial charge in [-0.15, -0.1) is 0 Å². The molecule has 0 amide bonds. The van der Waals surface area contributed by atoms with Gasteiger partial charge in [0, 0.05) is 6.04 Å². The van der Waals surface area contributed by atoms with Crippen molar-refractivity contribution in [1.29, 1.82) is 0 Å². The molecule has 0 bridgehead atoms. The highest BCUT2D eigenvalue weighted by atomic mass is 14.6. The first-order chi connectivity index (χ1) is 5.89. The maximum atomic E-state index is 5.85.